The van der Waals surface area contributed by atoms with Crippen molar-refractivity contribution < 1.29 is 0 Å². The summed E-state index contributed by atoms with van der Waals surface area (Å²) in [6, 6.07) is 2.51. The molecule has 0 bridgehead atoms. The Morgan fingerprint density at radius 2 is 1.88 bits per heavy atom. The third-order valence-corrected chi connectivity index (χ3v) is 4.95. The molecule has 1 aliphatic rings. The van der Waals surface area contributed by atoms with E-state index >= 15 is 0 Å². The highest BCUT2D eigenvalue weighted by molar-refractivity contribution is 5.68. The van der Waals surface area contributed by atoms with Crippen LogP contribution >= 0.6 is 0 Å². The summed E-state index contributed by atoms with van der Waals surface area (Å²) in [7, 11) is 1.91. The van der Waals surface area contributed by atoms with E-state index in [1.807, 2.05) is 42.3 Å². The Balaban J connectivity index is 1.63. The normalized spacial score (nSPS) is 15.4. The highest BCUT2D eigenvalue weighted by Crippen LogP contribution is 2.31. The smallest absolute Gasteiger partial charge is 0.149 e. The topological polar surface area (TPSA) is 65.8 Å². The average molecular weight is 333 g/mol. The van der Waals surface area contributed by atoms with Gasteiger partial charge in [0.1, 0.15) is 11.5 Å². The lowest BCUT2D eigenvalue weighted by Crippen LogP contribution is -2.04. The molecule has 0 aliphatic heterocycles. The van der Waals surface area contributed by atoms with E-state index in [1.165, 1.54) is 25.7 Å². The Hall–Kier alpha value is -2.96. The molecule has 5 rings (SSSR count). The largest absolute Gasteiger partial charge is 0.284 e. The molecule has 1 fully saturated rings. The predicted octanol–water partition coefficient (Wildman–Crippen LogP) is 3.11. The Morgan fingerprint density at radius 1 is 1.04 bits per heavy atom. The number of hydrogen-bond donors (Lipinski definition) is 0. The van der Waals surface area contributed by atoms with Crippen LogP contribution in [0.1, 0.15) is 31.7 Å². The Bertz CT molecular complexity index is 1030. The maximum atomic E-state index is 4.88. The highest BCUT2D eigenvalue weighted by atomic mass is 15.3. The summed E-state index contributed by atoms with van der Waals surface area (Å²) in [5.74, 6) is 0.859. The molecule has 4 aromatic rings. The number of imidazole rings is 1. The first-order chi connectivity index (χ1) is 12.3. The van der Waals surface area contributed by atoms with Gasteiger partial charge in [-0.05, 0) is 12.8 Å². The van der Waals surface area contributed by atoms with Crippen molar-refractivity contribution in [3.63, 3.8) is 0 Å². The molecule has 0 saturated heterocycles. The summed E-state index contributed by atoms with van der Waals surface area (Å²) in [4.78, 5) is 9.33. The first-order valence-electron chi connectivity index (χ1n) is 8.65. The van der Waals surface area contributed by atoms with Crippen LogP contribution in [0.5, 0.6) is 0 Å². The number of aromatic nitrogens is 7. The molecule has 0 atom stereocenters. The SMILES string of the molecule is Cn1cc(-c2cc3nccn3c(-c3cnn(C4CCCC4)c3)n2)cn1. The van der Waals surface area contributed by atoms with Crippen LogP contribution in [0.15, 0.2) is 43.2 Å². The molecule has 25 heavy (non-hydrogen) atoms. The number of aryl methyl sites for hydroxylation is 1. The van der Waals surface area contributed by atoms with Crippen molar-refractivity contribution in [2.24, 2.45) is 7.05 Å². The third-order valence-electron chi connectivity index (χ3n) is 4.95. The molecule has 1 saturated carbocycles. The summed E-state index contributed by atoms with van der Waals surface area (Å²) < 4.78 is 5.89. The van der Waals surface area contributed by atoms with Crippen LogP contribution in [-0.2, 0) is 7.05 Å². The van der Waals surface area contributed by atoms with Crippen molar-refractivity contribution >= 4 is 5.65 Å². The van der Waals surface area contributed by atoms with Crippen LogP contribution in [-0.4, -0.2) is 33.9 Å². The van der Waals surface area contributed by atoms with Gasteiger partial charge in [-0.15, -0.1) is 0 Å². The highest BCUT2D eigenvalue weighted by Gasteiger charge is 2.19. The van der Waals surface area contributed by atoms with Crippen molar-refractivity contribution in [3.8, 4) is 22.6 Å². The molecule has 7 heteroatoms. The van der Waals surface area contributed by atoms with Gasteiger partial charge in [-0.3, -0.25) is 13.8 Å². The van der Waals surface area contributed by atoms with Crippen molar-refractivity contribution in [1.29, 1.82) is 0 Å². The van der Waals surface area contributed by atoms with E-state index in [0.717, 1.165) is 28.3 Å². The molecular weight excluding hydrogens is 314 g/mol. The van der Waals surface area contributed by atoms with Crippen LogP contribution < -0.4 is 0 Å². The van der Waals surface area contributed by atoms with Crippen molar-refractivity contribution in [2.75, 3.05) is 0 Å². The van der Waals surface area contributed by atoms with E-state index in [1.54, 1.807) is 10.9 Å². The van der Waals surface area contributed by atoms with Gasteiger partial charge in [0.25, 0.3) is 0 Å². The molecule has 0 spiro atoms. The van der Waals surface area contributed by atoms with Gasteiger partial charge in [-0.25, -0.2) is 9.97 Å². The number of rotatable bonds is 3. The minimum Gasteiger partial charge on any atom is -0.284 e. The number of fused-ring (bicyclic) bond motifs is 1. The molecule has 0 N–H and O–H groups in total. The van der Waals surface area contributed by atoms with Gasteiger partial charge >= 0.3 is 0 Å². The molecular formula is C18H19N7. The molecule has 4 aromatic heterocycles. The molecule has 0 amide bonds. The van der Waals surface area contributed by atoms with Crippen LogP contribution in [0.4, 0.5) is 0 Å². The van der Waals surface area contributed by atoms with Crippen molar-refractivity contribution in [3.05, 3.63) is 43.2 Å². The Labute approximate surface area is 145 Å². The molecule has 1 aliphatic carbocycles. The van der Waals surface area contributed by atoms with E-state index in [4.69, 9.17) is 4.98 Å². The summed E-state index contributed by atoms with van der Waals surface area (Å²) >= 11 is 0. The standard InChI is InChI=1S/C18H19N7/c1-23-11-13(9-20-23)16-8-17-19-6-7-24(17)18(22-16)14-10-21-25(12-14)15-4-2-3-5-15/h6-12,15H,2-5H2,1H3. The molecule has 0 unspecified atom stereocenters. The lowest BCUT2D eigenvalue weighted by Gasteiger charge is -2.09. The van der Waals surface area contributed by atoms with Crippen LogP contribution in [0.2, 0.25) is 0 Å². The molecule has 7 nitrogen and oxygen atoms in total. The monoisotopic (exact) mass is 333 g/mol. The predicted molar refractivity (Wildman–Crippen MR) is 93.9 cm³/mol. The second-order valence-electron chi connectivity index (χ2n) is 6.67. The fourth-order valence-corrected chi connectivity index (χ4v) is 3.65. The lowest BCUT2D eigenvalue weighted by molar-refractivity contribution is 0.467. The minimum absolute atomic E-state index is 0.522. The van der Waals surface area contributed by atoms with E-state index in [2.05, 4.69) is 26.1 Å². The molecule has 0 radical (unpaired) electrons. The van der Waals surface area contributed by atoms with E-state index in [0.29, 0.717) is 6.04 Å². The number of nitrogens with zero attached hydrogens (tertiary/aromatic N) is 7. The maximum Gasteiger partial charge on any atom is 0.149 e. The fraction of sp³-hybridized carbons (Fsp3) is 0.333. The molecule has 0 aromatic carbocycles. The Morgan fingerprint density at radius 3 is 2.68 bits per heavy atom. The zero-order valence-corrected chi connectivity index (χ0v) is 14.1. The van der Waals surface area contributed by atoms with Gasteiger partial charge in [0, 0.05) is 43.5 Å². The summed E-state index contributed by atoms with van der Waals surface area (Å²) in [6.07, 6.45) is 16.6. The Kier molecular flexibility index (Phi) is 3.19. The van der Waals surface area contributed by atoms with Crippen LogP contribution in [0.25, 0.3) is 28.3 Å². The first kappa shape index (κ1) is 14.4. The van der Waals surface area contributed by atoms with Gasteiger partial charge in [-0.1, -0.05) is 12.8 Å². The van der Waals surface area contributed by atoms with Gasteiger partial charge in [0.05, 0.1) is 29.7 Å². The molecule has 4 heterocycles. The zero-order chi connectivity index (χ0) is 16.8. The van der Waals surface area contributed by atoms with Crippen molar-refractivity contribution in [1.82, 2.24) is 33.9 Å². The maximum absolute atomic E-state index is 4.88. The minimum atomic E-state index is 0.522. The second kappa shape index (κ2) is 5.54. The zero-order valence-electron chi connectivity index (χ0n) is 14.1. The first-order valence-corrected chi connectivity index (χ1v) is 8.65. The van der Waals surface area contributed by atoms with Crippen LogP contribution in [0.3, 0.4) is 0 Å². The third kappa shape index (κ3) is 2.43. The van der Waals surface area contributed by atoms with Crippen LogP contribution in [0, 0.1) is 0 Å². The lowest BCUT2D eigenvalue weighted by atomic mass is 10.2. The summed E-state index contributed by atoms with van der Waals surface area (Å²) in [6.45, 7) is 0. The van der Waals surface area contributed by atoms with Gasteiger partial charge in [0.15, 0.2) is 0 Å². The van der Waals surface area contributed by atoms with E-state index in [9.17, 15) is 0 Å². The average Bonchev–Trinajstić information content (AvgIpc) is 3.38. The van der Waals surface area contributed by atoms with Gasteiger partial charge < -0.3 is 0 Å². The fourth-order valence-electron chi connectivity index (χ4n) is 3.65. The molecule has 126 valence electrons. The summed E-state index contributed by atoms with van der Waals surface area (Å²) in [5, 5.41) is 8.85. The van der Waals surface area contributed by atoms with E-state index < -0.39 is 0 Å². The van der Waals surface area contributed by atoms with Gasteiger partial charge in [0.2, 0.25) is 0 Å². The van der Waals surface area contributed by atoms with Gasteiger partial charge in [-0.2, -0.15) is 10.2 Å². The van der Waals surface area contributed by atoms with E-state index in [-0.39, 0.29) is 0 Å². The quantitative estimate of drug-likeness (QED) is 0.578. The van der Waals surface area contributed by atoms with Crippen molar-refractivity contribution in [2.45, 2.75) is 31.7 Å². The summed E-state index contributed by atoms with van der Waals surface area (Å²) in [5.41, 5.74) is 3.74. The number of hydrogen-bond acceptors (Lipinski definition) is 4. The second-order valence-corrected chi connectivity index (χ2v) is 6.67.